The fourth-order valence-corrected chi connectivity index (χ4v) is 2.18. The number of nitrogens with zero attached hydrogens (tertiary/aromatic N) is 2. The van der Waals surface area contributed by atoms with Crippen molar-refractivity contribution in [2.45, 2.75) is 45.1 Å². The summed E-state index contributed by atoms with van der Waals surface area (Å²) in [7, 11) is 1.88. The Morgan fingerprint density at radius 3 is 2.73 bits per heavy atom. The Labute approximate surface area is 90.4 Å². The van der Waals surface area contributed by atoms with Crippen molar-refractivity contribution >= 4 is 0 Å². The first-order chi connectivity index (χ1) is 7.29. The van der Waals surface area contributed by atoms with Gasteiger partial charge in [0.1, 0.15) is 0 Å². The molecule has 0 unspecified atom stereocenters. The molecular weight excluding hydrogens is 190 g/mol. The van der Waals surface area contributed by atoms with E-state index in [2.05, 4.69) is 22.4 Å². The van der Waals surface area contributed by atoms with E-state index in [4.69, 9.17) is 4.52 Å². The summed E-state index contributed by atoms with van der Waals surface area (Å²) in [6, 6.07) is 0. The standard InChI is InChI=1S/C11H19N3O/c1-8-3-5-9(6-4-8)11-13-10(7-12-2)15-14-11/h8-9,12H,3-7H2,1-2H3. The number of rotatable bonds is 3. The van der Waals surface area contributed by atoms with Crippen LogP contribution in [0.3, 0.4) is 0 Å². The maximum absolute atomic E-state index is 5.16. The highest BCUT2D eigenvalue weighted by Gasteiger charge is 2.23. The molecule has 1 aromatic heterocycles. The molecule has 0 radical (unpaired) electrons. The lowest BCUT2D eigenvalue weighted by Crippen LogP contribution is -2.12. The monoisotopic (exact) mass is 209 g/mol. The molecule has 0 aromatic carbocycles. The molecule has 1 fully saturated rings. The van der Waals surface area contributed by atoms with Crippen LogP contribution in [0.15, 0.2) is 4.52 Å². The van der Waals surface area contributed by atoms with Gasteiger partial charge in [-0.25, -0.2) is 0 Å². The van der Waals surface area contributed by atoms with E-state index in [1.54, 1.807) is 0 Å². The van der Waals surface area contributed by atoms with Gasteiger partial charge < -0.3 is 9.84 Å². The quantitative estimate of drug-likeness (QED) is 0.828. The Bertz CT molecular complexity index is 303. The van der Waals surface area contributed by atoms with Gasteiger partial charge in [-0.05, 0) is 25.8 Å². The molecule has 0 saturated heterocycles. The molecule has 4 nitrogen and oxygen atoms in total. The zero-order valence-electron chi connectivity index (χ0n) is 9.49. The van der Waals surface area contributed by atoms with E-state index in [0.29, 0.717) is 18.4 Å². The van der Waals surface area contributed by atoms with E-state index in [9.17, 15) is 0 Å². The lowest BCUT2D eigenvalue weighted by Gasteiger charge is -2.23. The van der Waals surface area contributed by atoms with Crippen molar-refractivity contribution < 1.29 is 4.52 Å². The zero-order valence-corrected chi connectivity index (χ0v) is 9.49. The summed E-state index contributed by atoms with van der Waals surface area (Å²) >= 11 is 0. The molecule has 2 rings (SSSR count). The highest BCUT2D eigenvalue weighted by molar-refractivity contribution is 4.97. The topological polar surface area (TPSA) is 51.0 Å². The normalized spacial score (nSPS) is 26.8. The van der Waals surface area contributed by atoms with E-state index >= 15 is 0 Å². The highest BCUT2D eigenvalue weighted by atomic mass is 16.5. The SMILES string of the molecule is CNCc1nc(C2CCC(C)CC2)no1. The van der Waals surface area contributed by atoms with E-state index in [1.807, 2.05) is 7.05 Å². The first-order valence-corrected chi connectivity index (χ1v) is 5.76. The van der Waals surface area contributed by atoms with E-state index in [0.717, 1.165) is 11.7 Å². The Morgan fingerprint density at radius 1 is 1.33 bits per heavy atom. The average molecular weight is 209 g/mol. The molecule has 0 bridgehead atoms. The van der Waals surface area contributed by atoms with Gasteiger partial charge in [0, 0.05) is 5.92 Å². The Morgan fingerprint density at radius 2 is 2.07 bits per heavy atom. The van der Waals surface area contributed by atoms with Gasteiger partial charge in [0.2, 0.25) is 5.89 Å². The summed E-state index contributed by atoms with van der Waals surface area (Å²) in [5.41, 5.74) is 0. The number of nitrogens with one attached hydrogen (secondary N) is 1. The maximum Gasteiger partial charge on any atom is 0.240 e. The van der Waals surface area contributed by atoms with Crippen LogP contribution in [-0.2, 0) is 6.54 Å². The van der Waals surface area contributed by atoms with Crippen molar-refractivity contribution in [3.8, 4) is 0 Å². The fourth-order valence-electron chi connectivity index (χ4n) is 2.18. The minimum absolute atomic E-state index is 0.524. The molecular formula is C11H19N3O. The van der Waals surface area contributed by atoms with Gasteiger partial charge in [-0.2, -0.15) is 4.98 Å². The van der Waals surface area contributed by atoms with Gasteiger partial charge in [0.15, 0.2) is 5.82 Å². The minimum atomic E-state index is 0.524. The number of hydrogen-bond acceptors (Lipinski definition) is 4. The molecule has 0 aliphatic heterocycles. The molecule has 0 atom stereocenters. The molecule has 1 heterocycles. The van der Waals surface area contributed by atoms with Crippen molar-refractivity contribution in [1.82, 2.24) is 15.5 Å². The molecule has 1 N–H and O–H groups in total. The zero-order chi connectivity index (χ0) is 10.7. The van der Waals surface area contributed by atoms with Gasteiger partial charge in [0.05, 0.1) is 6.54 Å². The molecule has 4 heteroatoms. The van der Waals surface area contributed by atoms with Crippen LogP contribution in [-0.4, -0.2) is 17.2 Å². The molecule has 15 heavy (non-hydrogen) atoms. The van der Waals surface area contributed by atoms with Gasteiger partial charge in [-0.1, -0.05) is 24.9 Å². The van der Waals surface area contributed by atoms with Crippen LogP contribution < -0.4 is 5.32 Å². The van der Waals surface area contributed by atoms with Crippen molar-refractivity contribution in [3.63, 3.8) is 0 Å². The Balaban J connectivity index is 1.96. The van der Waals surface area contributed by atoms with Crippen LogP contribution in [0.5, 0.6) is 0 Å². The smallest absolute Gasteiger partial charge is 0.240 e. The van der Waals surface area contributed by atoms with Crippen LogP contribution in [0.1, 0.15) is 50.2 Å². The summed E-state index contributed by atoms with van der Waals surface area (Å²) in [5, 5.41) is 7.07. The average Bonchev–Trinajstić information content (AvgIpc) is 2.68. The van der Waals surface area contributed by atoms with E-state index in [-0.39, 0.29) is 0 Å². The summed E-state index contributed by atoms with van der Waals surface area (Å²) in [5.74, 6) is 3.00. The predicted octanol–water partition coefficient (Wildman–Crippen LogP) is 2.08. The predicted molar refractivity (Wildman–Crippen MR) is 57.4 cm³/mol. The second-order valence-electron chi connectivity index (χ2n) is 4.53. The van der Waals surface area contributed by atoms with Gasteiger partial charge >= 0.3 is 0 Å². The van der Waals surface area contributed by atoms with Crippen LogP contribution in [0.4, 0.5) is 0 Å². The van der Waals surface area contributed by atoms with E-state index < -0.39 is 0 Å². The summed E-state index contributed by atoms with van der Waals surface area (Å²) < 4.78 is 5.16. The third kappa shape index (κ3) is 2.56. The van der Waals surface area contributed by atoms with Crippen molar-refractivity contribution in [1.29, 1.82) is 0 Å². The van der Waals surface area contributed by atoms with Crippen molar-refractivity contribution in [2.75, 3.05) is 7.05 Å². The molecule has 84 valence electrons. The maximum atomic E-state index is 5.16. The largest absolute Gasteiger partial charge is 0.338 e. The molecule has 1 saturated carbocycles. The molecule has 0 spiro atoms. The van der Waals surface area contributed by atoms with Gasteiger partial charge in [0.25, 0.3) is 0 Å². The number of aromatic nitrogens is 2. The number of hydrogen-bond donors (Lipinski definition) is 1. The van der Waals surface area contributed by atoms with Crippen molar-refractivity contribution in [2.24, 2.45) is 5.92 Å². The first-order valence-electron chi connectivity index (χ1n) is 5.76. The molecule has 1 aliphatic carbocycles. The lowest BCUT2D eigenvalue weighted by atomic mass is 9.83. The van der Waals surface area contributed by atoms with Crippen LogP contribution >= 0.6 is 0 Å². The summed E-state index contributed by atoms with van der Waals surface area (Å²) in [4.78, 5) is 4.41. The minimum Gasteiger partial charge on any atom is -0.338 e. The van der Waals surface area contributed by atoms with Crippen molar-refractivity contribution in [3.05, 3.63) is 11.7 Å². The lowest BCUT2D eigenvalue weighted by molar-refractivity contribution is 0.323. The first kappa shape index (κ1) is 10.6. The van der Waals surface area contributed by atoms with E-state index in [1.165, 1.54) is 25.7 Å². The van der Waals surface area contributed by atoms with Gasteiger partial charge in [-0.15, -0.1) is 0 Å². The van der Waals surface area contributed by atoms with Crippen LogP contribution in [0, 0.1) is 5.92 Å². The Hall–Kier alpha value is -0.900. The molecule has 1 aliphatic rings. The second-order valence-corrected chi connectivity index (χ2v) is 4.53. The van der Waals surface area contributed by atoms with Crippen LogP contribution in [0.25, 0.3) is 0 Å². The molecule has 0 amide bonds. The third-order valence-electron chi connectivity index (χ3n) is 3.19. The van der Waals surface area contributed by atoms with Gasteiger partial charge in [-0.3, -0.25) is 0 Å². The second kappa shape index (κ2) is 4.75. The summed E-state index contributed by atoms with van der Waals surface area (Å²) in [6.07, 6.45) is 5.00. The van der Waals surface area contributed by atoms with Crippen LogP contribution in [0.2, 0.25) is 0 Å². The summed E-state index contributed by atoms with van der Waals surface area (Å²) in [6.45, 7) is 2.98. The third-order valence-corrected chi connectivity index (χ3v) is 3.19. The fraction of sp³-hybridized carbons (Fsp3) is 0.818. The molecule has 1 aromatic rings. The Kier molecular flexibility index (Phi) is 3.36. The highest BCUT2D eigenvalue weighted by Crippen LogP contribution is 2.33.